The van der Waals surface area contributed by atoms with Crippen LogP contribution < -0.4 is 5.56 Å². The Morgan fingerprint density at radius 2 is 2.06 bits per heavy atom. The second-order valence-corrected chi connectivity index (χ2v) is 3.58. The molecule has 16 heavy (non-hydrogen) atoms. The molecule has 0 aromatic carbocycles. The van der Waals surface area contributed by atoms with Crippen LogP contribution in [0, 0.1) is 6.92 Å². The molecule has 0 aliphatic rings. The van der Waals surface area contributed by atoms with Crippen molar-refractivity contribution in [2.45, 2.75) is 13.4 Å². The third-order valence-corrected chi connectivity index (χ3v) is 2.13. The average molecular weight is 230 g/mol. The molecule has 0 saturated heterocycles. The molecule has 0 atom stereocenters. The molecule has 0 bridgehead atoms. The molecule has 0 fully saturated rings. The summed E-state index contributed by atoms with van der Waals surface area (Å²) in [6.07, 6.45) is 1.21. The number of nitrogens with zero attached hydrogens (tertiary/aromatic N) is 3. The van der Waals surface area contributed by atoms with E-state index in [1.807, 2.05) is 0 Å². The molecule has 0 radical (unpaired) electrons. The van der Waals surface area contributed by atoms with Crippen molar-refractivity contribution < 1.29 is 12.9 Å². The summed E-state index contributed by atoms with van der Waals surface area (Å²) in [5.41, 5.74) is 0.0646. The van der Waals surface area contributed by atoms with Gasteiger partial charge in [-0.15, -0.1) is 0 Å². The van der Waals surface area contributed by atoms with Crippen LogP contribution in [0.5, 0.6) is 0 Å². The van der Waals surface area contributed by atoms with Gasteiger partial charge in [0.05, 0.1) is 5.69 Å². The zero-order valence-electron chi connectivity index (χ0n) is 8.40. The van der Waals surface area contributed by atoms with Crippen molar-refractivity contribution in [2.24, 2.45) is 0 Å². The van der Waals surface area contributed by atoms with Gasteiger partial charge in [0.1, 0.15) is 5.52 Å². The Morgan fingerprint density at radius 3 is 2.69 bits per heavy atom. The van der Waals surface area contributed by atoms with Gasteiger partial charge in [-0.1, -0.05) is 0 Å². The molecule has 8 heteroatoms. The van der Waals surface area contributed by atoms with Crippen LogP contribution in [0.25, 0.3) is 5.52 Å². The zero-order valence-corrected chi connectivity index (χ0v) is 8.40. The molecular formula is C8H8BF3N3O-. The first-order chi connectivity index (χ1) is 7.37. The lowest BCUT2D eigenvalue weighted by molar-refractivity contribution is 0.442. The lowest BCUT2D eigenvalue weighted by Crippen LogP contribution is -2.32. The molecule has 86 valence electrons. The predicted octanol–water partition coefficient (Wildman–Crippen LogP) is 1.19. The fourth-order valence-electron chi connectivity index (χ4n) is 1.52. The summed E-state index contributed by atoms with van der Waals surface area (Å²) in [6.45, 7) is -3.35. The Hall–Kier alpha value is -1.73. The van der Waals surface area contributed by atoms with Crippen LogP contribution in [-0.4, -0.2) is 21.2 Å². The van der Waals surface area contributed by atoms with Gasteiger partial charge in [-0.05, 0) is 19.4 Å². The van der Waals surface area contributed by atoms with E-state index in [9.17, 15) is 17.7 Å². The van der Waals surface area contributed by atoms with Crippen molar-refractivity contribution in [2.75, 3.05) is 0 Å². The number of aromatic nitrogens is 3. The van der Waals surface area contributed by atoms with E-state index in [0.29, 0.717) is 10.3 Å². The van der Waals surface area contributed by atoms with Crippen molar-refractivity contribution in [3.05, 3.63) is 34.5 Å². The van der Waals surface area contributed by atoms with Crippen molar-refractivity contribution in [3.63, 3.8) is 0 Å². The van der Waals surface area contributed by atoms with Crippen LogP contribution >= 0.6 is 0 Å². The van der Waals surface area contributed by atoms with E-state index in [-0.39, 0.29) is 5.52 Å². The van der Waals surface area contributed by atoms with Gasteiger partial charge in [-0.2, -0.15) is 5.10 Å². The number of hydrogen-bond donors (Lipinski definition) is 0. The molecule has 0 spiro atoms. The molecular weight excluding hydrogens is 222 g/mol. The molecule has 0 saturated carbocycles. The highest BCUT2D eigenvalue weighted by atomic mass is 19.4. The second-order valence-electron chi connectivity index (χ2n) is 3.58. The molecule has 0 amide bonds. The maximum Gasteiger partial charge on any atom is 0.497 e. The van der Waals surface area contributed by atoms with E-state index in [1.165, 1.54) is 16.8 Å². The Morgan fingerprint density at radius 1 is 1.38 bits per heavy atom. The van der Waals surface area contributed by atoms with Crippen LogP contribution in [0.15, 0.2) is 23.3 Å². The smallest absolute Gasteiger partial charge is 0.448 e. The van der Waals surface area contributed by atoms with Gasteiger partial charge in [-0.25, -0.2) is 4.52 Å². The van der Waals surface area contributed by atoms with Gasteiger partial charge in [-0.3, -0.25) is 4.79 Å². The van der Waals surface area contributed by atoms with Gasteiger partial charge in [0.15, 0.2) is 0 Å². The van der Waals surface area contributed by atoms with Crippen LogP contribution in [0.4, 0.5) is 12.9 Å². The van der Waals surface area contributed by atoms with Crippen LogP contribution in [-0.2, 0) is 6.44 Å². The summed E-state index contributed by atoms with van der Waals surface area (Å²) in [6, 6.07) is 1.46. The van der Waals surface area contributed by atoms with Gasteiger partial charge in [0.25, 0.3) is 5.56 Å². The summed E-state index contributed by atoms with van der Waals surface area (Å²) in [4.78, 5) is 11.6. The third-order valence-electron chi connectivity index (χ3n) is 2.13. The maximum absolute atomic E-state index is 12.2. The fraction of sp³-hybridized carbons (Fsp3) is 0.250. The molecule has 0 unspecified atom stereocenters. The Kier molecular flexibility index (Phi) is 2.29. The molecule has 4 nitrogen and oxygen atoms in total. The summed E-state index contributed by atoms with van der Waals surface area (Å²) < 4.78 is 38.5. The average Bonchev–Trinajstić information content (AvgIpc) is 2.50. The number of aryl methyl sites for hydroxylation is 1. The van der Waals surface area contributed by atoms with Crippen LogP contribution in [0.2, 0.25) is 0 Å². The van der Waals surface area contributed by atoms with Crippen molar-refractivity contribution in [1.82, 2.24) is 14.2 Å². The Balaban J connectivity index is 2.56. The zero-order chi connectivity index (χ0) is 11.9. The van der Waals surface area contributed by atoms with Crippen molar-refractivity contribution >= 4 is 12.5 Å². The number of rotatable bonds is 2. The quantitative estimate of drug-likeness (QED) is 0.727. The summed E-state index contributed by atoms with van der Waals surface area (Å²) in [5.74, 6) is 0. The van der Waals surface area contributed by atoms with Crippen LogP contribution in [0.1, 0.15) is 5.69 Å². The monoisotopic (exact) mass is 230 g/mol. The highest BCUT2D eigenvalue weighted by molar-refractivity contribution is 6.57. The van der Waals surface area contributed by atoms with E-state index in [1.54, 1.807) is 6.92 Å². The van der Waals surface area contributed by atoms with E-state index < -0.39 is 19.0 Å². The number of halogens is 3. The van der Waals surface area contributed by atoms with Gasteiger partial charge in [0.2, 0.25) is 0 Å². The molecule has 0 aliphatic heterocycles. The molecule has 2 rings (SSSR count). The first-order valence-electron chi connectivity index (χ1n) is 4.63. The first kappa shape index (κ1) is 10.8. The van der Waals surface area contributed by atoms with E-state index in [4.69, 9.17) is 0 Å². The summed E-state index contributed by atoms with van der Waals surface area (Å²) in [7, 11) is 0. The highest BCUT2D eigenvalue weighted by Gasteiger charge is 2.24. The van der Waals surface area contributed by atoms with E-state index in [2.05, 4.69) is 5.10 Å². The number of hydrogen-bond acceptors (Lipinski definition) is 2. The van der Waals surface area contributed by atoms with E-state index in [0.717, 1.165) is 6.20 Å². The molecule has 2 aromatic rings. The lowest BCUT2D eigenvalue weighted by Gasteiger charge is -2.15. The Bertz CT molecular complexity index is 586. The van der Waals surface area contributed by atoms with Gasteiger partial charge in [0, 0.05) is 12.4 Å². The van der Waals surface area contributed by atoms with Crippen molar-refractivity contribution in [3.8, 4) is 0 Å². The summed E-state index contributed by atoms with van der Waals surface area (Å²) in [5, 5.41) is 3.94. The third kappa shape index (κ3) is 1.95. The van der Waals surface area contributed by atoms with Gasteiger partial charge >= 0.3 is 6.98 Å². The summed E-state index contributed by atoms with van der Waals surface area (Å²) >= 11 is 0. The minimum atomic E-state index is -5.02. The molecule has 2 heterocycles. The number of fused-ring (bicyclic) bond motifs is 1. The lowest BCUT2D eigenvalue weighted by atomic mass is 9.92. The highest BCUT2D eigenvalue weighted by Crippen LogP contribution is 2.10. The second kappa shape index (κ2) is 3.39. The van der Waals surface area contributed by atoms with E-state index >= 15 is 0 Å². The largest absolute Gasteiger partial charge is 0.497 e. The normalized spacial score (nSPS) is 12.2. The first-order valence-corrected chi connectivity index (χ1v) is 4.63. The van der Waals surface area contributed by atoms with Crippen LogP contribution in [0.3, 0.4) is 0 Å². The predicted molar refractivity (Wildman–Crippen MR) is 53.3 cm³/mol. The standard InChI is InChI=1S/C8H8BF3N3O/c1-6-4-7-8(16)14(5-9(10,11)12)2-3-15(7)13-6/h2-4H,5H2,1H3/q-1. The molecule has 2 aromatic heterocycles. The van der Waals surface area contributed by atoms with Crippen molar-refractivity contribution in [1.29, 1.82) is 0 Å². The topological polar surface area (TPSA) is 39.3 Å². The Labute approximate surface area is 88.4 Å². The fourth-order valence-corrected chi connectivity index (χ4v) is 1.52. The maximum atomic E-state index is 12.2. The van der Waals surface area contributed by atoms with Gasteiger partial charge < -0.3 is 17.5 Å². The minimum Gasteiger partial charge on any atom is -0.448 e. The molecule has 0 aliphatic carbocycles. The minimum absolute atomic E-state index is 0.153. The molecule has 0 N–H and O–H groups in total. The SMILES string of the molecule is Cc1cc2c(=O)n(C[B-](F)(F)F)ccn2n1.